The van der Waals surface area contributed by atoms with Gasteiger partial charge >= 0.3 is 0 Å². The van der Waals surface area contributed by atoms with Crippen LogP contribution in [0.25, 0.3) is 0 Å². The second-order valence-corrected chi connectivity index (χ2v) is 11.2. The van der Waals surface area contributed by atoms with E-state index in [4.69, 9.17) is 4.74 Å². The summed E-state index contributed by atoms with van der Waals surface area (Å²) in [7, 11) is 0. The number of ether oxygens (including phenoxy) is 1. The zero-order chi connectivity index (χ0) is 27.1. The number of benzene rings is 3. The number of hydrogen-bond donors (Lipinski definition) is 2. The lowest BCUT2D eigenvalue weighted by atomic mass is 9.57. The number of nitrogens with zero attached hydrogens (tertiary/aromatic N) is 1. The van der Waals surface area contributed by atoms with E-state index in [1.54, 1.807) is 12.1 Å². The summed E-state index contributed by atoms with van der Waals surface area (Å²) in [5.74, 6) is -0.987. The van der Waals surface area contributed by atoms with Crippen molar-refractivity contribution in [3.63, 3.8) is 0 Å². The topological polar surface area (TPSA) is 87.7 Å². The van der Waals surface area contributed by atoms with Crippen LogP contribution in [-0.2, 0) is 20.5 Å². The highest BCUT2D eigenvalue weighted by atomic mass is 16.5. The number of carbonyl (C=O) groups is 3. The number of hydrogen-bond acceptors (Lipinski definition) is 5. The number of Topliss-reactive ketones (excluding diaryl/α,β-unsaturated/α-hetero) is 1. The molecule has 2 saturated heterocycles. The molecule has 4 aliphatic rings. The highest BCUT2D eigenvalue weighted by Crippen LogP contribution is 2.68. The average molecular weight is 522 g/mol. The second-order valence-electron chi connectivity index (χ2n) is 11.2. The van der Waals surface area contributed by atoms with Gasteiger partial charge in [0.25, 0.3) is 5.91 Å². The van der Waals surface area contributed by atoms with E-state index in [-0.39, 0.29) is 23.6 Å². The molecule has 3 aromatic rings. The molecule has 39 heavy (non-hydrogen) atoms. The standard InChI is InChI=1S/C32H31N3O4/c1-4-39-25-14-8-5-10-20(25)28(36)26-24-13-9-15-35(24)32(22-17-18(2)16-19(3)27(22)34-30(32)38)31(26)21-11-6-7-12-23(21)33-29(31)37/h5-8,10-12,14,16-17,24,26H,4,9,13,15H2,1-3H3,(H,33,37)(H,34,38)/t24-,26-,31-,32-/m0/s1. The molecule has 0 unspecified atom stereocenters. The zero-order valence-corrected chi connectivity index (χ0v) is 22.3. The van der Waals surface area contributed by atoms with Gasteiger partial charge in [0.05, 0.1) is 18.1 Å². The average Bonchev–Trinajstić information content (AvgIpc) is 3.64. The van der Waals surface area contributed by atoms with Crippen LogP contribution < -0.4 is 15.4 Å². The summed E-state index contributed by atoms with van der Waals surface area (Å²) in [5.41, 5.74) is 2.49. The molecule has 7 heteroatoms. The first-order chi connectivity index (χ1) is 18.9. The number of carbonyl (C=O) groups excluding carboxylic acids is 3. The summed E-state index contributed by atoms with van der Waals surface area (Å²) in [6.07, 6.45) is 1.57. The lowest BCUT2D eigenvalue weighted by molar-refractivity contribution is -0.137. The van der Waals surface area contributed by atoms with Crippen LogP contribution in [0.15, 0.2) is 60.7 Å². The van der Waals surface area contributed by atoms with Gasteiger partial charge in [0.15, 0.2) is 5.78 Å². The third-order valence-corrected chi connectivity index (χ3v) is 9.28. The van der Waals surface area contributed by atoms with Crippen LogP contribution in [-0.4, -0.2) is 41.7 Å². The van der Waals surface area contributed by atoms with Gasteiger partial charge in [0, 0.05) is 23.0 Å². The Morgan fingerprint density at radius 1 is 1.00 bits per heavy atom. The maximum Gasteiger partial charge on any atom is 0.251 e. The van der Waals surface area contributed by atoms with E-state index in [1.165, 1.54) is 0 Å². The summed E-state index contributed by atoms with van der Waals surface area (Å²) in [6.45, 7) is 6.92. The first-order valence-electron chi connectivity index (χ1n) is 13.7. The van der Waals surface area contributed by atoms with E-state index in [2.05, 4.69) is 15.5 Å². The Kier molecular flexibility index (Phi) is 5.11. The molecule has 4 atom stereocenters. The fraction of sp³-hybridized carbons (Fsp3) is 0.344. The summed E-state index contributed by atoms with van der Waals surface area (Å²) in [6, 6.07) is 18.6. The Morgan fingerprint density at radius 3 is 2.59 bits per heavy atom. The normalized spacial score (nSPS) is 28.4. The van der Waals surface area contributed by atoms with Gasteiger partial charge in [0.2, 0.25) is 5.91 Å². The number of amides is 2. The molecule has 0 bridgehead atoms. The van der Waals surface area contributed by atoms with E-state index in [0.717, 1.165) is 35.2 Å². The van der Waals surface area contributed by atoms with Crippen LogP contribution >= 0.6 is 0 Å². The van der Waals surface area contributed by atoms with E-state index in [9.17, 15) is 14.4 Å². The minimum atomic E-state index is -1.46. The molecule has 2 N–H and O–H groups in total. The van der Waals surface area contributed by atoms with Crippen molar-refractivity contribution >= 4 is 29.0 Å². The molecule has 4 aliphatic heterocycles. The molecule has 7 rings (SSSR count). The molecule has 198 valence electrons. The summed E-state index contributed by atoms with van der Waals surface area (Å²) < 4.78 is 5.89. The zero-order valence-electron chi connectivity index (χ0n) is 22.3. The molecule has 0 aromatic heterocycles. The first kappa shape index (κ1) is 24.1. The van der Waals surface area contributed by atoms with Crippen LogP contribution in [0, 0.1) is 19.8 Å². The Bertz CT molecular complexity index is 1580. The van der Waals surface area contributed by atoms with Crippen LogP contribution in [0.2, 0.25) is 0 Å². The molecule has 7 nitrogen and oxygen atoms in total. The maximum atomic E-state index is 14.9. The predicted molar refractivity (Wildman–Crippen MR) is 148 cm³/mol. The Balaban J connectivity index is 1.59. The molecular weight excluding hydrogens is 490 g/mol. The lowest BCUT2D eigenvalue weighted by Crippen LogP contribution is -2.62. The van der Waals surface area contributed by atoms with Crippen molar-refractivity contribution in [2.45, 2.75) is 50.6 Å². The molecule has 2 fully saturated rings. The molecule has 0 aliphatic carbocycles. The lowest BCUT2D eigenvalue weighted by Gasteiger charge is -2.43. The van der Waals surface area contributed by atoms with E-state index < -0.39 is 16.9 Å². The molecule has 3 aromatic carbocycles. The van der Waals surface area contributed by atoms with Gasteiger partial charge in [-0.2, -0.15) is 0 Å². The SMILES string of the molecule is CCOc1ccccc1C(=O)[C@@H]1[C@@H]2CCCN2[C@@]2(C(=O)Nc3c(C)cc(C)cc32)[C@]12C(=O)Nc1ccccc12. The third kappa shape index (κ3) is 2.78. The quantitative estimate of drug-likeness (QED) is 0.486. The van der Waals surface area contributed by atoms with Crippen molar-refractivity contribution in [1.29, 1.82) is 0 Å². The minimum Gasteiger partial charge on any atom is -0.493 e. The fourth-order valence-electron chi connectivity index (χ4n) is 8.16. The molecule has 0 saturated carbocycles. The monoisotopic (exact) mass is 521 g/mol. The van der Waals surface area contributed by atoms with Gasteiger partial charge in [-0.1, -0.05) is 48.0 Å². The number of nitrogens with one attached hydrogen (secondary N) is 2. The van der Waals surface area contributed by atoms with Gasteiger partial charge in [-0.05, 0) is 69.5 Å². The summed E-state index contributed by atoms with van der Waals surface area (Å²) in [5, 5.41) is 6.27. The Hall–Kier alpha value is -3.97. The number of aryl methyl sites for hydroxylation is 2. The van der Waals surface area contributed by atoms with Crippen molar-refractivity contribution in [3.05, 3.63) is 88.5 Å². The minimum absolute atomic E-state index is 0.162. The molecule has 4 heterocycles. The van der Waals surface area contributed by atoms with E-state index >= 15 is 0 Å². The molecule has 0 radical (unpaired) electrons. The van der Waals surface area contributed by atoms with Crippen LogP contribution in [0.3, 0.4) is 0 Å². The van der Waals surface area contributed by atoms with Crippen LogP contribution in [0.4, 0.5) is 11.4 Å². The van der Waals surface area contributed by atoms with Gasteiger partial charge < -0.3 is 15.4 Å². The molecule has 2 spiro atoms. The molecular formula is C32H31N3O4. The van der Waals surface area contributed by atoms with Crippen LogP contribution in [0.5, 0.6) is 5.75 Å². The van der Waals surface area contributed by atoms with Crippen molar-refractivity contribution in [1.82, 2.24) is 4.90 Å². The predicted octanol–water partition coefficient (Wildman–Crippen LogP) is 4.72. The van der Waals surface area contributed by atoms with Gasteiger partial charge in [-0.25, -0.2) is 0 Å². The van der Waals surface area contributed by atoms with Crippen molar-refractivity contribution < 1.29 is 19.1 Å². The smallest absolute Gasteiger partial charge is 0.251 e. The van der Waals surface area contributed by atoms with E-state index in [1.807, 2.05) is 69.3 Å². The molecule has 2 amide bonds. The highest BCUT2D eigenvalue weighted by molar-refractivity contribution is 6.21. The van der Waals surface area contributed by atoms with Crippen molar-refractivity contribution in [2.24, 2.45) is 5.92 Å². The van der Waals surface area contributed by atoms with E-state index in [0.29, 0.717) is 35.7 Å². The highest BCUT2D eigenvalue weighted by Gasteiger charge is 2.81. The van der Waals surface area contributed by atoms with Crippen molar-refractivity contribution in [2.75, 3.05) is 23.8 Å². The largest absolute Gasteiger partial charge is 0.493 e. The maximum absolute atomic E-state index is 14.9. The van der Waals surface area contributed by atoms with Gasteiger partial charge in [0.1, 0.15) is 16.7 Å². The van der Waals surface area contributed by atoms with Crippen molar-refractivity contribution in [3.8, 4) is 5.75 Å². The number of anilines is 2. The second kappa shape index (κ2) is 8.26. The Labute approximate surface area is 227 Å². The van der Waals surface area contributed by atoms with Gasteiger partial charge in [-0.3, -0.25) is 19.3 Å². The number of rotatable bonds is 4. The number of ketones is 1. The van der Waals surface area contributed by atoms with Crippen LogP contribution in [0.1, 0.15) is 52.4 Å². The third-order valence-electron chi connectivity index (χ3n) is 9.28. The van der Waals surface area contributed by atoms with Gasteiger partial charge in [-0.15, -0.1) is 0 Å². The summed E-state index contributed by atoms with van der Waals surface area (Å²) >= 11 is 0. The summed E-state index contributed by atoms with van der Waals surface area (Å²) in [4.78, 5) is 46.3. The first-order valence-corrected chi connectivity index (χ1v) is 13.7. The number of fused-ring (bicyclic) bond motifs is 7. The Morgan fingerprint density at radius 2 is 1.77 bits per heavy atom. The fourth-order valence-corrected chi connectivity index (χ4v) is 8.16. The number of para-hydroxylation sites is 2.